The second-order valence-corrected chi connectivity index (χ2v) is 6.59. The van der Waals surface area contributed by atoms with Crippen molar-refractivity contribution >= 4 is 11.6 Å². The molecule has 2 aromatic carbocycles. The van der Waals surface area contributed by atoms with Crippen molar-refractivity contribution < 1.29 is 18.9 Å². The molecule has 0 aliphatic carbocycles. The number of amides is 1. The summed E-state index contributed by atoms with van der Waals surface area (Å²) < 4.78 is 12.0. The van der Waals surface area contributed by atoms with E-state index in [4.69, 9.17) is 9.15 Å². The lowest BCUT2D eigenvalue weighted by atomic mass is 10.1. The van der Waals surface area contributed by atoms with E-state index in [2.05, 4.69) is 10.4 Å². The topological polar surface area (TPSA) is 112 Å². The largest absolute Gasteiger partial charge is 0.497 e. The highest BCUT2D eigenvalue weighted by Gasteiger charge is 2.19. The Morgan fingerprint density at radius 2 is 1.97 bits per heavy atom. The number of nitro benzene ring substituents is 1. The van der Waals surface area contributed by atoms with Crippen molar-refractivity contribution in [2.24, 2.45) is 0 Å². The quantitative estimate of drug-likeness (QED) is 0.359. The van der Waals surface area contributed by atoms with Gasteiger partial charge in [-0.2, -0.15) is 5.10 Å². The average molecular weight is 418 g/mol. The number of hydrogen-bond donors (Lipinski definition) is 1. The Kier molecular flexibility index (Phi) is 5.48. The highest BCUT2D eigenvalue weighted by atomic mass is 16.6. The summed E-state index contributed by atoms with van der Waals surface area (Å²) in [5.41, 5.74) is 2.06. The monoisotopic (exact) mass is 418 g/mol. The normalized spacial score (nSPS) is 10.6. The van der Waals surface area contributed by atoms with Gasteiger partial charge in [0, 0.05) is 17.7 Å². The molecular weight excluding hydrogens is 400 g/mol. The van der Waals surface area contributed by atoms with E-state index in [9.17, 15) is 14.9 Å². The highest BCUT2D eigenvalue weighted by Crippen LogP contribution is 2.26. The van der Waals surface area contributed by atoms with Gasteiger partial charge in [0.15, 0.2) is 0 Å². The predicted molar refractivity (Wildman–Crippen MR) is 112 cm³/mol. The molecule has 0 aliphatic rings. The summed E-state index contributed by atoms with van der Waals surface area (Å²) in [5.74, 6) is 0.908. The number of aromatic nitrogens is 2. The van der Waals surface area contributed by atoms with E-state index in [-0.39, 0.29) is 23.8 Å². The Morgan fingerprint density at radius 1 is 1.16 bits per heavy atom. The lowest BCUT2D eigenvalue weighted by Crippen LogP contribution is -2.25. The van der Waals surface area contributed by atoms with Gasteiger partial charge in [0.25, 0.3) is 11.6 Å². The first kappa shape index (κ1) is 19.9. The lowest BCUT2D eigenvalue weighted by Gasteiger charge is -2.07. The van der Waals surface area contributed by atoms with Crippen molar-refractivity contribution in [3.63, 3.8) is 0 Å². The summed E-state index contributed by atoms with van der Waals surface area (Å²) in [6.45, 7) is 0.214. The molecule has 0 saturated heterocycles. The third kappa shape index (κ3) is 4.30. The average Bonchev–Trinajstić information content (AvgIpc) is 3.48. The van der Waals surface area contributed by atoms with Crippen LogP contribution in [0, 0.1) is 10.1 Å². The van der Waals surface area contributed by atoms with Crippen LogP contribution in [0.4, 0.5) is 5.69 Å². The number of ether oxygens (including phenoxy) is 1. The summed E-state index contributed by atoms with van der Waals surface area (Å²) in [7, 11) is 1.57. The molecular formula is C22H18N4O5. The van der Waals surface area contributed by atoms with E-state index in [0.717, 1.165) is 5.56 Å². The van der Waals surface area contributed by atoms with Gasteiger partial charge in [-0.3, -0.25) is 14.9 Å². The number of non-ortho nitro benzene ring substituents is 1. The summed E-state index contributed by atoms with van der Waals surface area (Å²) >= 11 is 0. The third-order valence-corrected chi connectivity index (χ3v) is 4.62. The molecule has 9 nitrogen and oxygen atoms in total. The second kappa shape index (κ2) is 8.54. The Bertz CT molecular complexity index is 1210. The molecule has 2 heterocycles. The Hall–Kier alpha value is -4.40. The summed E-state index contributed by atoms with van der Waals surface area (Å²) in [4.78, 5) is 23.4. The van der Waals surface area contributed by atoms with Crippen LogP contribution < -0.4 is 10.1 Å². The van der Waals surface area contributed by atoms with Gasteiger partial charge >= 0.3 is 0 Å². The number of rotatable bonds is 7. The maximum atomic E-state index is 12.9. The first-order valence-electron chi connectivity index (χ1n) is 9.35. The maximum absolute atomic E-state index is 12.9. The van der Waals surface area contributed by atoms with E-state index in [1.165, 1.54) is 23.1 Å². The fourth-order valence-electron chi connectivity index (χ4n) is 3.05. The van der Waals surface area contributed by atoms with Crippen LogP contribution in [-0.2, 0) is 6.54 Å². The number of nitrogens with zero attached hydrogens (tertiary/aromatic N) is 3. The molecule has 0 spiro atoms. The first-order chi connectivity index (χ1) is 15.0. The van der Waals surface area contributed by atoms with Crippen molar-refractivity contribution in [3.05, 3.63) is 94.6 Å². The molecule has 4 rings (SSSR count). The lowest BCUT2D eigenvalue weighted by molar-refractivity contribution is -0.384. The molecule has 156 valence electrons. The molecule has 0 unspecified atom stereocenters. The van der Waals surface area contributed by atoms with E-state index in [0.29, 0.717) is 22.9 Å². The van der Waals surface area contributed by atoms with E-state index < -0.39 is 4.92 Å². The van der Waals surface area contributed by atoms with Crippen molar-refractivity contribution in [2.75, 3.05) is 7.11 Å². The maximum Gasteiger partial charge on any atom is 0.270 e. The minimum atomic E-state index is -0.481. The Balaban J connectivity index is 1.72. The van der Waals surface area contributed by atoms with Gasteiger partial charge in [-0.15, -0.1) is 0 Å². The molecule has 0 radical (unpaired) electrons. The predicted octanol–water partition coefficient (Wildman–Crippen LogP) is 3.98. The number of hydrogen-bond acceptors (Lipinski definition) is 6. The van der Waals surface area contributed by atoms with Gasteiger partial charge in [0.1, 0.15) is 17.2 Å². The zero-order valence-corrected chi connectivity index (χ0v) is 16.5. The van der Waals surface area contributed by atoms with Crippen LogP contribution in [0.5, 0.6) is 5.75 Å². The van der Waals surface area contributed by atoms with Gasteiger partial charge in [0.05, 0.1) is 36.2 Å². The molecule has 1 N–H and O–H groups in total. The van der Waals surface area contributed by atoms with E-state index in [1.54, 1.807) is 37.4 Å². The van der Waals surface area contributed by atoms with Gasteiger partial charge in [-0.1, -0.05) is 12.1 Å². The first-order valence-corrected chi connectivity index (χ1v) is 9.35. The van der Waals surface area contributed by atoms with Crippen LogP contribution in [0.15, 0.2) is 77.4 Å². The zero-order valence-electron chi connectivity index (χ0n) is 16.5. The number of nitrogens with one attached hydrogen (secondary N) is 1. The standard InChI is InChI=1S/C22H18N4O5/c1-30-18-5-2-4-15(12-18)20-13-21(22(27)23-14-19-6-3-11-31-19)25(24-20)16-7-9-17(10-8-16)26(28)29/h2-13H,14H2,1H3,(H,23,27). The number of benzene rings is 2. The van der Waals surface area contributed by atoms with Crippen LogP contribution in [0.3, 0.4) is 0 Å². The highest BCUT2D eigenvalue weighted by molar-refractivity contribution is 5.94. The number of methoxy groups -OCH3 is 1. The van der Waals surface area contributed by atoms with Gasteiger partial charge in [-0.05, 0) is 42.5 Å². The molecule has 0 saturated carbocycles. The van der Waals surface area contributed by atoms with Crippen LogP contribution in [0.2, 0.25) is 0 Å². The molecule has 0 bridgehead atoms. The van der Waals surface area contributed by atoms with Crippen molar-refractivity contribution in [1.82, 2.24) is 15.1 Å². The fourth-order valence-corrected chi connectivity index (χ4v) is 3.05. The smallest absolute Gasteiger partial charge is 0.270 e. The van der Waals surface area contributed by atoms with Crippen molar-refractivity contribution in [2.45, 2.75) is 6.54 Å². The van der Waals surface area contributed by atoms with E-state index >= 15 is 0 Å². The van der Waals surface area contributed by atoms with E-state index in [1.807, 2.05) is 24.3 Å². The molecule has 0 aliphatic heterocycles. The molecule has 0 atom stereocenters. The van der Waals surface area contributed by atoms with Crippen LogP contribution in [0.25, 0.3) is 16.9 Å². The number of furan rings is 1. The Labute approximate surface area is 177 Å². The molecule has 31 heavy (non-hydrogen) atoms. The molecule has 9 heteroatoms. The van der Waals surface area contributed by atoms with Gasteiger partial charge < -0.3 is 14.5 Å². The summed E-state index contributed by atoms with van der Waals surface area (Å²) in [6.07, 6.45) is 1.53. The van der Waals surface area contributed by atoms with Crippen LogP contribution in [0.1, 0.15) is 16.2 Å². The van der Waals surface area contributed by atoms with Crippen LogP contribution in [-0.4, -0.2) is 27.7 Å². The number of carbonyl (C=O) groups is 1. The second-order valence-electron chi connectivity index (χ2n) is 6.59. The SMILES string of the molecule is COc1cccc(-c2cc(C(=O)NCc3ccco3)n(-c3ccc([N+](=O)[O-])cc3)n2)c1. The number of carbonyl (C=O) groups excluding carboxylic acids is 1. The van der Waals surface area contributed by atoms with Gasteiger partial charge in [-0.25, -0.2) is 4.68 Å². The fraction of sp³-hybridized carbons (Fsp3) is 0.0909. The van der Waals surface area contributed by atoms with Gasteiger partial charge in [0.2, 0.25) is 0 Å². The van der Waals surface area contributed by atoms with Crippen molar-refractivity contribution in [1.29, 1.82) is 0 Å². The van der Waals surface area contributed by atoms with Crippen molar-refractivity contribution in [3.8, 4) is 22.7 Å². The summed E-state index contributed by atoms with van der Waals surface area (Å²) in [5, 5.41) is 18.3. The Morgan fingerprint density at radius 3 is 2.65 bits per heavy atom. The summed E-state index contributed by atoms with van der Waals surface area (Å²) in [6, 6.07) is 18.3. The molecule has 1 amide bonds. The molecule has 0 fully saturated rings. The zero-order chi connectivity index (χ0) is 21.8. The molecule has 4 aromatic rings. The number of nitro groups is 1. The minimum Gasteiger partial charge on any atom is -0.497 e. The third-order valence-electron chi connectivity index (χ3n) is 4.62. The van der Waals surface area contributed by atoms with Crippen LogP contribution >= 0.6 is 0 Å². The minimum absolute atomic E-state index is 0.0484. The molecule has 2 aromatic heterocycles.